The number of halogens is 2. The minimum absolute atomic E-state index is 0.0646. The molecule has 1 aliphatic heterocycles. The number of carbonyl (C=O) groups is 1. The van der Waals surface area contributed by atoms with Crippen LogP contribution < -0.4 is 9.47 Å². The number of carbonyl (C=O) groups excluding carboxylic acids is 1. The first-order chi connectivity index (χ1) is 18.2. The number of aliphatic imine (C=N–C) groups is 1. The van der Waals surface area contributed by atoms with E-state index in [1.165, 1.54) is 17.3 Å². The van der Waals surface area contributed by atoms with Crippen LogP contribution in [0, 0.1) is 12.8 Å². The van der Waals surface area contributed by atoms with Crippen LogP contribution in [0.1, 0.15) is 37.5 Å². The van der Waals surface area contributed by atoms with Crippen LogP contribution in [0.4, 0.5) is 5.69 Å². The van der Waals surface area contributed by atoms with Crippen LogP contribution in [0.3, 0.4) is 0 Å². The molecule has 0 unspecified atom stereocenters. The quantitative estimate of drug-likeness (QED) is 0.227. The second-order valence-corrected chi connectivity index (χ2v) is 11.6. The topological polar surface area (TPSA) is 51.1 Å². The first-order valence-electron chi connectivity index (χ1n) is 12.4. The molecule has 0 aromatic heterocycles. The number of amidine groups is 1. The highest BCUT2D eigenvalue weighted by atomic mass is 79.9. The van der Waals surface area contributed by atoms with Gasteiger partial charge in [0.1, 0.15) is 6.61 Å². The maximum absolute atomic E-state index is 13.4. The summed E-state index contributed by atoms with van der Waals surface area (Å²) in [5, 5.41) is 1.30. The molecule has 4 rings (SSSR count). The minimum Gasteiger partial charge on any atom is -0.490 e. The lowest BCUT2D eigenvalue weighted by molar-refractivity contribution is -0.122. The van der Waals surface area contributed by atoms with E-state index in [1.807, 2.05) is 37.3 Å². The number of ether oxygens (including phenoxy) is 2. The predicted octanol–water partition coefficient (Wildman–Crippen LogP) is 8.65. The summed E-state index contributed by atoms with van der Waals surface area (Å²) in [5.41, 5.74) is 3.85. The van der Waals surface area contributed by atoms with E-state index in [9.17, 15) is 4.79 Å². The molecule has 0 saturated carbocycles. The summed E-state index contributed by atoms with van der Waals surface area (Å²) in [6.07, 6.45) is 1.88. The highest BCUT2D eigenvalue weighted by Crippen LogP contribution is 2.40. The van der Waals surface area contributed by atoms with Gasteiger partial charge in [-0.05, 0) is 101 Å². The Labute approximate surface area is 242 Å². The van der Waals surface area contributed by atoms with Crippen LogP contribution in [-0.4, -0.2) is 29.1 Å². The van der Waals surface area contributed by atoms with Crippen LogP contribution in [0.15, 0.2) is 75.0 Å². The molecule has 0 spiro atoms. The van der Waals surface area contributed by atoms with E-state index < -0.39 is 0 Å². The van der Waals surface area contributed by atoms with Crippen molar-refractivity contribution in [2.24, 2.45) is 10.9 Å². The Bertz CT molecular complexity index is 1360. The third-order valence-electron chi connectivity index (χ3n) is 5.62. The molecule has 0 N–H and O–H groups in total. The zero-order chi connectivity index (χ0) is 27.2. The van der Waals surface area contributed by atoms with Gasteiger partial charge in [-0.15, -0.1) is 0 Å². The second kappa shape index (κ2) is 12.9. The summed E-state index contributed by atoms with van der Waals surface area (Å²) in [4.78, 5) is 20.5. The average molecular weight is 614 g/mol. The number of thioether (sulfide) groups is 1. The number of hydrogen-bond acceptors (Lipinski definition) is 5. The summed E-state index contributed by atoms with van der Waals surface area (Å²) >= 11 is 11.0. The molecule has 8 heteroatoms. The van der Waals surface area contributed by atoms with Crippen LogP contribution in [0.5, 0.6) is 11.5 Å². The molecule has 3 aromatic rings. The van der Waals surface area contributed by atoms with E-state index in [-0.39, 0.29) is 11.8 Å². The smallest absolute Gasteiger partial charge is 0.266 e. The van der Waals surface area contributed by atoms with Gasteiger partial charge in [-0.1, -0.05) is 55.3 Å². The Morgan fingerprint density at radius 1 is 1.08 bits per heavy atom. The van der Waals surface area contributed by atoms with Crippen LogP contribution in [0.2, 0.25) is 5.02 Å². The zero-order valence-corrected chi connectivity index (χ0v) is 25.0. The molecule has 38 heavy (non-hydrogen) atoms. The van der Waals surface area contributed by atoms with Gasteiger partial charge in [0, 0.05) is 11.6 Å². The minimum atomic E-state index is -0.0646. The highest BCUT2D eigenvalue weighted by Gasteiger charge is 2.34. The Morgan fingerprint density at radius 2 is 1.79 bits per heavy atom. The van der Waals surface area contributed by atoms with Gasteiger partial charge < -0.3 is 9.47 Å². The van der Waals surface area contributed by atoms with Crippen LogP contribution in [0.25, 0.3) is 6.08 Å². The van der Waals surface area contributed by atoms with E-state index in [1.54, 1.807) is 17.0 Å². The Kier molecular flexibility index (Phi) is 9.58. The Hall–Kier alpha value is -2.74. The molecule has 1 fully saturated rings. The molecule has 5 nitrogen and oxygen atoms in total. The second-order valence-electron chi connectivity index (χ2n) is 9.33. The lowest BCUT2D eigenvalue weighted by Gasteiger charge is -2.17. The van der Waals surface area contributed by atoms with Gasteiger partial charge in [0.15, 0.2) is 16.7 Å². The van der Waals surface area contributed by atoms with Gasteiger partial charge in [0.2, 0.25) is 0 Å². The molecular formula is C30H30BrClN2O3S. The van der Waals surface area contributed by atoms with Crippen molar-refractivity contribution in [3.63, 3.8) is 0 Å². The number of nitrogens with zero attached hydrogens (tertiary/aromatic N) is 2. The first kappa shape index (κ1) is 28.3. The number of aryl methyl sites for hydroxylation is 1. The molecule has 1 amide bonds. The molecular weight excluding hydrogens is 584 g/mol. The molecule has 0 bridgehead atoms. The fourth-order valence-electron chi connectivity index (χ4n) is 3.81. The van der Waals surface area contributed by atoms with Crippen molar-refractivity contribution < 1.29 is 14.3 Å². The normalized spacial score (nSPS) is 15.7. The van der Waals surface area contributed by atoms with Gasteiger partial charge >= 0.3 is 0 Å². The third-order valence-corrected chi connectivity index (χ3v) is 7.47. The van der Waals surface area contributed by atoms with Gasteiger partial charge in [-0.25, -0.2) is 4.99 Å². The monoisotopic (exact) mass is 612 g/mol. The molecule has 1 saturated heterocycles. The SMILES string of the molecule is CCOc1cc(/C=C2\SC(=Nc3ccc(Cl)cc3)N(CC(C)C)C2=O)cc(Br)c1OCc1ccc(C)cc1. The number of benzene rings is 3. The lowest BCUT2D eigenvalue weighted by atomic mass is 10.1. The van der Waals surface area contributed by atoms with E-state index in [2.05, 4.69) is 61.0 Å². The van der Waals surface area contributed by atoms with Gasteiger partial charge in [-0.2, -0.15) is 0 Å². The largest absolute Gasteiger partial charge is 0.490 e. The molecule has 1 heterocycles. The van der Waals surface area contributed by atoms with Crippen LogP contribution >= 0.6 is 39.3 Å². The summed E-state index contributed by atoms with van der Waals surface area (Å²) in [6.45, 7) is 9.64. The van der Waals surface area contributed by atoms with Gasteiger partial charge in [0.05, 0.1) is 21.7 Å². The van der Waals surface area contributed by atoms with Crippen molar-refractivity contribution in [3.05, 3.63) is 91.8 Å². The molecule has 3 aromatic carbocycles. The summed E-state index contributed by atoms with van der Waals surface area (Å²) in [6, 6.07) is 19.4. The summed E-state index contributed by atoms with van der Waals surface area (Å²) in [5.74, 6) is 1.47. The third kappa shape index (κ3) is 7.22. The van der Waals surface area contributed by atoms with Crippen molar-refractivity contribution in [3.8, 4) is 11.5 Å². The summed E-state index contributed by atoms with van der Waals surface area (Å²) < 4.78 is 12.8. The summed E-state index contributed by atoms with van der Waals surface area (Å²) in [7, 11) is 0. The van der Waals surface area contributed by atoms with Crippen molar-refractivity contribution in [2.75, 3.05) is 13.2 Å². The van der Waals surface area contributed by atoms with Crippen molar-refractivity contribution >= 4 is 62.1 Å². The maximum atomic E-state index is 13.4. The Morgan fingerprint density at radius 3 is 2.45 bits per heavy atom. The van der Waals surface area contributed by atoms with Crippen molar-refractivity contribution in [1.82, 2.24) is 4.90 Å². The van der Waals surface area contributed by atoms with Crippen molar-refractivity contribution in [1.29, 1.82) is 0 Å². The predicted molar refractivity (Wildman–Crippen MR) is 161 cm³/mol. The molecule has 1 aliphatic rings. The van der Waals surface area contributed by atoms with E-state index in [0.717, 1.165) is 21.3 Å². The van der Waals surface area contributed by atoms with E-state index >= 15 is 0 Å². The molecule has 0 radical (unpaired) electrons. The molecule has 198 valence electrons. The van der Waals surface area contributed by atoms with Gasteiger partial charge in [-0.3, -0.25) is 9.69 Å². The van der Waals surface area contributed by atoms with Gasteiger partial charge in [0.25, 0.3) is 5.91 Å². The average Bonchev–Trinajstić information content (AvgIpc) is 3.14. The van der Waals surface area contributed by atoms with E-state index in [0.29, 0.717) is 46.4 Å². The lowest BCUT2D eigenvalue weighted by Crippen LogP contribution is -2.32. The number of amides is 1. The zero-order valence-electron chi connectivity index (χ0n) is 21.8. The Balaban J connectivity index is 1.62. The fourth-order valence-corrected chi connectivity index (χ4v) is 5.52. The highest BCUT2D eigenvalue weighted by molar-refractivity contribution is 9.10. The van der Waals surface area contributed by atoms with Crippen molar-refractivity contribution in [2.45, 2.75) is 34.3 Å². The van der Waals surface area contributed by atoms with E-state index in [4.69, 9.17) is 26.1 Å². The fraction of sp³-hybridized carbons (Fsp3) is 0.267. The van der Waals surface area contributed by atoms with Crippen LogP contribution in [-0.2, 0) is 11.4 Å². The number of hydrogen-bond donors (Lipinski definition) is 0. The standard InChI is InChI=1S/C30H30BrClN2O3S/c1-5-36-26-15-22(14-25(31)28(26)37-18-21-8-6-20(4)7-9-21)16-27-29(35)34(17-19(2)3)30(38-27)33-24-12-10-23(32)11-13-24/h6-16,19H,5,17-18H2,1-4H3/b27-16-,33-30?. The first-order valence-corrected chi connectivity index (χ1v) is 14.4. The molecule has 0 atom stereocenters. The number of rotatable bonds is 9. The maximum Gasteiger partial charge on any atom is 0.266 e. The molecule has 0 aliphatic carbocycles.